The van der Waals surface area contributed by atoms with E-state index < -0.39 is 16.1 Å². The summed E-state index contributed by atoms with van der Waals surface area (Å²) in [5.74, 6) is 2.56. The van der Waals surface area contributed by atoms with Crippen molar-refractivity contribution in [3.05, 3.63) is 53.6 Å². The topological polar surface area (TPSA) is 107 Å². The smallest absolute Gasteiger partial charge is 0.329 e. The molecule has 37 heavy (non-hydrogen) atoms. The monoisotopic (exact) mass is 524 g/mol. The van der Waals surface area contributed by atoms with E-state index in [2.05, 4.69) is 18.2 Å². The number of carbonyl (C=O) groups excluding carboxylic acids is 2. The van der Waals surface area contributed by atoms with E-state index >= 15 is 0 Å². The summed E-state index contributed by atoms with van der Waals surface area (Å²) in [6.45, 7) is 0.487. The van der Waals surface area contributed by atoms with Crippen molar-refractivity contribution in [1.82, 2.24) is 4.90 Å². The Morgan fingerprint density at radius 2 is 1.65 bits per heavy atom. The molecule has 1 saturated heterocycles. The van der Waals surface area contributed by atoms with Crippen molar-refractivity contribution in [2.24, 2.45) is 34.7 Å². The summed E-state index contributed by atoms with van der Waals surface area (Å²) < 4.78 is 29.2. The van der Waals surface area contributed by atoms with Gasteiger partial charge >= 0.3 is 5.97 Å². The van der Waals surface area contributed by atoms with Crippen LogP contribution in [-0.4, -0.2) is 43.9 Å². The predicted octanol–water partition coefficient (Wildman–Crippen LogP) is 4.20. The summed E-state index contributed by atoms with van der Waals surface area (Å²) in [7, 11) is -3.83. The van der Waals surface area contributed by atoms with E-state index in [-0.39, 0.29) is 22.9 Å². The number of carbonyl (C=O) groups is 2. The van der Waals surface area contributed by atoms with Crippen LogP contribution in [0.15, 0.2) is 53.0 Å². The van der Waals surface area contributed by atoms with Gasteiger partial charge in [-0.05, 0) is 106 Å². The summed E-state index contributed by atoms with van der Waals surface area (Å²) >= 11 is 0. The van der Waals surface area contributed by atoms with Crippen molar-refractivity contribution in [2.75, 3.05) is 6.54 Å². The molecule has 1 heterocycles. The van der Waals surface area contributed by atoms with Gasteiger partial charge in [0.2, 0.25) is 10.0 Å². The van der Waals surface area contributed by atoms with E-state index in [4.69, 9.17) is 9.88 Å². The Kier molecular flexibility index (Phi) is 6.51. The Bertz CT molecular complexity index is 1240. The highest BCUT2D eigenvalue weighted by Crippen LogP contribution is 2.56. The molecule has 8 heteroatoms. The minimum atomic E-state index is -3.83. The van der Waals surface area contributed by atoms with Gasteiger partial charge in [-0.2, -0.15) is 0 Å². The molecule has 1 aliphatic heterocycles. The van der Waals surface area contributed by atoms with Crippen LogP contribution in [-0.2, 0) is 19.6 Å². The zero-order valence-electron chi connectivity index (χ0n) is 21.1. The number of benzene rings is 1. The second-order valence-corrected chi connectivity index (χ2v) is 13.1. The molecule has 198 valence electrons. The van der Waals surface area contributed by atoms with E-state index in [0.717, 1.165) is 43.9 Å². The minimum absolute atomic E-state index is 0.0448. The van der Waals surface area contributed by atoms with Gasteiger partial charge in [-0.15, -0.1) is 0 Å². The highest BCUT2D eigenvalue weighted by molar-refractivity contribution is 7.89. The van der Waals surface area contributed by atoms with Gasteiger partial charge in [-0.3, -0.25) is 4.79 Å². The number of hydrogen-bond donors (Lipinski definition) is 1. The first kappa shape index (κ1) is 24.9. The molecule has 4 aliphatic carbocycles. The van der Waals surface area contributed by atoms with Crippen LogP contribution in [0.3, 0.4) is 0 Å². The van der Waals surface area contributed by atoms with Crippen LogP contribution in [0.4, 0.5) is 0 Å². The molecular formula is C29H36N2O5S. The number of amides is 1. The number of allylic oxidation sites excluding steroid dienone is 4. The third-order valence-corrected chi connectivity index (χ3v) is 10.7. The zero-order valence-corrected chi connectivity index (χ0v) is 21.9. The lowest BCUT2D eigenvalue weighted by Crippen LogP contribution is -2.45. The molecule has 6 rings (SSSR count). The van der Waals surface area contributed by atoms with Gasteiger partial charge in [0.15, 0.2) is 0 Å². The first-order valence-electron chi connectivity index (χ1n) is 13.8. The van der Waals surface area contributed by atoms with Gasteiger partial charge in [0, 0.05) is 18.0 Å². The molecule has 1 amide bonds. The molecule has 4 fully saturated rings. The lowest BCUT2D eigenvalue weighted by Gasteiger charge is -2.48. The lowest BCUT2D eigenvalue weighted by atomic mass is 9.57. The van der Waals surface area contributed by atoms with Crippen LogP contribution in [0, 0.1) is 29.6 Å². The fourth-order valence-electron chi connectivity index (χ4n) is 8.09. The summed E-state index contributed by atoms with van der Waals surface area (Å²) in [5.41, 5.74) is 1.99. The van der Waals surface area contributed by atoms with Crippen LogP contribution in [0.5, 0.6) is 0 Å². The molecule has 1 aromatic carbocycles. The van der Waals surface area contributed by atoms with Crippen molar-refractivity contribution >= 4 is 21.9 Å². The Morgan fingerprint density at radius 3 is 2.43 bits per heavy atom. The molecule has 6 unspecified atom stereocenters. The van der Waals surface area contributed by atoms with Gasteiger partial charge in [0.05, 0.1) is 4.90 Å². The third-order valence-electron chi connectivity index (χ3n) is 9.74. The number of rotatable bonds is 4. The maximum absolute atomic E-state index is 13.3. The van der Waals surface area contributed by atoms with Crippen LogP contribution in [0.2, 0.25) is 0 Å². The number of likely N-dealkylation sites (tertiary alicyclic amines) is 1. The van der Waals surface area contributed by atoms with Crippen LogP contribution in [0.25, 0.3) is 0 Å². The van der Waals surface area contributed by atoms with Crippen LogP contribution >= 0.6 is 0 Å². The molecule has 1 aromatic rings. The highest BCUT2D eigenvalue weighted by atomic mass is 32.2. The Hall–Kier alpha value is -2.45. The number of esters is 1. The minimum Gasteiger partial charge on any atom is -0.461 e. The van der Waals surface area contributed by atoms with E-state index in [0.29, 0.717) is 36.3 Å². The molecule has 7 nitrogen and oxygen atoms in total. The normalized spacial score (nSPS) is 34.8. The molecule has 5 aliphatic rings. The summed E-state index contributed by atoms with van der Waals surface area (Å²) in [6, 6.07) is 4.97. The average Bonchev–Trinajstić information content (AvgIpc) is 3.55. The van der Waals surface area contributed by atoms with E-state index in [1.54, 1.807) is 10.5 Å². The van der Waals surface area contributed by atoms with Gasteiger partial charge < -0.3 is 9.64 Å². The summed E-state index contributed by atoms with van der Waals surface area (Å²) in [5, 5.41) is 5.17. The quantitative estimate of drug-likeness (QED) is 0.469. The first-order valence-corrected chi connectivity index (χ1v) is 15.4. The standard InChI is InChI=1S/C29H36N2O5S/c30-37(34,35)20-10-7-19(8-11-20)28(32)31-17-3-6-26(31)29(33)36-27-16-15-24-23-12-9-18-4-1-2-5-21(18)22(23)13-14-25(24)27/h2,4-5,7-8,10-11,21-27H,1,3,6,9,12-17H2,(H2,30,34,35)/t21?,22?,23?,24?,25?,26-,27?/m1/s1. The maximum atomic E-state index is 13.3. The molecule has 7 atom stereocenters. The second kappa shape index (κ2) is 9.70. The van der Waals surface area contributed by atoms with Gasteiger partial charge in [-0.25, -0.2) is 18.4 Å². The van der Waals surface area contributed by atoms with Crippen LogP contribution < -0.4 is 5.14 Å². The maximum Gasteiger partial charge on any atom is 0.329 e. The van der Waals surface area contributed by atoms with Gasteiger partial charge in [-0.1, -0.05) is 23.8 Å². The zero-order chi connectivity index (χ0) is 25.7. The molecule has 0 spiro atoms. The Balaban J connectivity index is 1.11. The first-order chi connectivity index (χ1) is 17.8. The average molecular weight is 525 g/mol. The van der Waals surface area contributed by atoms with Crippen molar-refractivity contribution in [3.63, 3.8) is 0 Å². The lowest BCUT2D eigenvalue weighted by molar-refractivity contribution is -0.157. The molecule has 0 aromatic heterocycles. The fourth-order valence-corrected chi connectivity index (χ4v) is 8.60. The second-order valence-electron chi connectivity index (χ2n) is 11.5. The van der Waals surface area contributed by atoms with E-state index in [9.17, 15) is 18.0 Å². The summed E-state index contributed by atoms with van der Waals surface area (Å²) in [6.07, 6.45) is 16.4. The number of hydrogen-bond acceptors (Lipinski definition) is 5. The number of fused-ring (bicyclic) bond motifs is 5. The molecule has 2 N–H and O–H groups in total. The van der Waals surface area contributed by atoms with Crippen molar-refractivity contribution in [2.45, 2.75) is 74.8 Å². The number of nitrogens with zero attached hydrogens (tertiary/aromatic N) is 1. The van der Waals surface area contributed by atoms with Crippen molar-refractivity contribution in [3.8, 4) is 0 Å². The Morgan fingerprint density at radius 1 is 0.919 bits per heavy atom. The molecule has 3 saturated carbocycles. The largest absolute Gasteiger partial charge is 0.461 e. The third kappa shape index (κ3) is 4.56. The SMILES string of the molecule is NS(=O)(=O)c1ccc(C(=O)N2CCC[C@@H]2C(=O)OC2CCC3C2CCC2C4C=CCC=C4CCC23)cc1. The summed E-state index contributed by atoms with van der Waals surface area (Å²) in [4.78, 5) is 28.1. The van der Waals surface area contributed by atoms with E-state index in [1.165, 1.54) is 43.5 Å². The fraction of sp³-hybridized carbons (Fsp3) is 0.586. The van der Waals surface area contributed by atoms with Gasteiger partial charge in [0.1, 0.15) is 12.1 Å². The van der Waals surface area contributed by atoms with E-state index in [1.807, 2.05) is 0 Å². The highest BCUT2D eigenvalue weighted by Gasteiger charge is 2.51. The Labute approximate surface area is 219 Å². The number of ether oxygens (including phenoxy) is 1. The number of nitrogens with two attached hydrogens (primary N) is 1. The molecule has 0 bridgehead atoms. The number of sulfonamides is 1. The van der Waals surface area contributed by atoms with Crippen molar-refractivity contribution < 1.29 is 22.7 Å². The van der Waals surface area contributed by atoms with Crippen molar-refractivity contribution in [1.29, 1.82) is 0 Å². The number of primary sulfonamides is 1. The van der Waals surface area contributed by atoms with Gasteiger partial charge in [0.25, 0.3) is 5.91 Å². The molecular weight excluding hydrogens is 488 g/mol. The predicted molar refractivity (Wildman–Crippen MR) is 139 cm³/mol. The van der Waals surface area contributed by atoms with Crippen LogP contribution in [0.1, 0.15) is 68.1 Å². The molecule has 0 radical (unpaired) electrons.